The molecule has 2 rings (SSSR count). The molecule has 15 nitrogen and oxygen atoms in total. The molecule has 52 heavy (non-hydrogen) atoms. The zero-order valence-electron chi connectivity index (χ0n) is 32.3. The van der Waals surface area contributed by atoms with Crippen molar-refractivity contribution in [3.05, 3.63) is 11.8 Å². The molecule has 0 spiro atoms. The first kappa shape index (κ1) is 44.4. The van der Waals surface area contributed by atoms with Gasteiger partial charge in [0.15, 0.2) is 0 Å². The largest absolute Gasteiger partial charge is 0.462 e. The first-order valence-electron chi connectivity index (χ1n) is 17.9. The van der Waals surface area contributed by atoms with Crippen LogP contribution in [0.2, 0.25) is 0 Å². The van der Waals surface area contributed by atoms with Gasteiger partial charge in [-0.3, -0.25) is 19.2 Å². The molecule has 7 atom stereocenters. The van der Waals surface area contributed by atoms with Crippen LogP contribution in [0.15, 0.2) is 11.8 Å². The summed E-state index contributed by atoms with van der Waals surface area (Å²) in [6.45, 7) is 16.9. The van der Waals surface area contributed by atoms with Crippen LogP contribution in [0.1, 0.15) is 102 Å². The smallest absolute Gasteiger partial charge is 0.348 e. The predicted octanol–water partition coefficient (Wildman–Crippen LogP) is 3.54. The maximum Gasteiger partial charge on any atom is 0.348 e. The van der Waals surface area contributed by atoms with Crippen molar-refractivity contribution in [2.45, 2.75) is 138 Å². The second-order valence-electron chi connectivity index (χ2n) is 15.7. The van der Waals surface area contributed by atoms with Crippen LogP contribution in [0.5, 0.6) is 0 Å². The minimum absolute atomic E-state index is 0.0173. The maximum absolute atomic E-state index is 13.3. The lowest BCUT2D eigenvalue weighted by Crippen LogP contribution is -2.60. The van der Waals surface area contributed by atoms with E-state index in [0.717, 1.165) is 13.2 Å². The van der Waals surface area contributed by atoms with Gasteiger partial charge in [-0.25, -0.2) is 9.59 Å². The van der Waals surface area contributed by atoms with Crippen LogP contribution in [-0.2, 0) is 61.9 Å². The van der Waals surface area contributed by atoms with E-state index in [1.807, 2.05) is 27.7 Å². The predicted molar refractivity (Wildman–Crippen MR) is 182 cm³/mol. The maximum atomic E-state index is 13.3. The first-order chi connectivity index (χ1) is 24.0. The molecule has 15 heteroatoms. The van der Waals surface area contributed by atoms with Crippen molar-refractivity contribution >= 4 is 35.8 Å². The quantitative estimate of drug-likeness (QED) is 0.152. The molecule has 0 bridgehead atoms. The van der Waals surface area contributed by atoms with Crippen molar-refractivity contribution in [3.8, 4) is 0 Å². The summed E-state index contributed by atoms with van der Waals surface area (Å²) < 4.78 is 38.6. The molecule has 0 aromatic heterocycles. The van der Waals surface area contributed by atoms with Gasteiger partial charge in [0.25, 0.3) is 6.29 Å². The number of esters is 6. The standard InChI is InChI=1S/C37H58O15/c1-19(2)12-27(39)50-30(22(7)8)33(42)46-16-25-17-47-35(52-29(41)14-21(5)6)32-36(25,44)15-26(49-24(11)38)37(32,45)18-48-34(43)31(23(9)10)51-28(40)13-20(3)4/h17,19-23,26,30-32,35,44-45H,12-16,18H2,1-11H3/t26-,30?,31?,32-,35-,36-,37-/m0/s1. The average molecular weight is 743 g/mol. The normalized spacial score (nSPS) is 25.2. The second-order valence-corrected chi connectivity index (χ2v) is 15.7. The summed E-state index contributed by atoms with van der Waals surface area (Å²) >= 11 is 0. The summed E-state index contributed by atoms with van der Waals surface area (Å²) in [6, 6.07) is 0. The third kappa shape index (κ3) is 11.9. The Morgan fingerprint density at radius 1 is 0.731 bits per heavy atom. The van der Waals surface area contributed by atoms with Crippen LogP contribution in [0, 0.1) is 35.5 Å². The first-order valence-corrected chi connectivity index (χ1v) is 17.9. The van der Waals surface area contributed by atoms with E-state index in [0.29, 0.717) is 0 Å². The van der Waals surface area contributed by atoms with Crippen LogP contribution in [0.4, 0.5) is 0 Å². The summed E-state index contributed by atoms with van der Waals surface area (Å²) in [4.78, 5) is 76.5. The van der Waals surface area contributed by atoms with E-state index < -0.39 is 109 Å². The Morgan fingerprint density at radius 3 is 1.63 bits per heavy atom. The van der Waals surface area contributed by atoms with Crippen molar-refractivity contribution in [2.75, 3.05) is 13.2 Å². The Labute approximate surface area is 306 Å². The van der Waals surface area contributed by atoms with Gasteiger partial charge in [0.2, 0.25) is 12.2 Å². The lowest BCUT2D eigenvalue weighted by Gasteiger charge is -2.44. The molecule has 1 aliphatic carbocycles. The molecule has 296 valence electrons. The van der Waals surface area contributed by atoms with Gasteiger partial charge >= 0.3 is 35.8 Å². The zero-order chi connectivity index (χ0) is 39.7. The molecule has 0 radical (unpaired) electrons. The number of ether oxygens (including phenoxy) is 7. The SMILES string of the molecule is CC(=O)O[C@H]1C[C@]2(O)C(COC(=O)C(OC(=O)CC(C)C)C(C)C)=CO[C@@H](OC(=O)CC(C)C)[C@@H]2[C@]1(O)COC(=O)C(OC(=O)CC(C)C)C(C)C. The van der Waals surface area contributed by atoms with Gasteiger partial charge in [-0.05, 0) is 17.8 Å². The number of fused-ring (bicyclic) bond motifs is 1. The van der Waals surface area contributed by atoms with E-state index in [1.165, 1.54) is 0 Å². The molecule has 0 amide bonds. The van der Waals surface area contributed by atoms with Gasteiger partial charge in [0.1, 0.15) is 36.4 Å². The van der Waals surface area contributed by atoms with Crippen LogP contribution in [0.3, 0.4) is 0 Å². The highest BCUT2D eigenvalue weighted by atomic mass is 16.7. The van der Waals surface area contributed by atoms with E-state index in [-0.39, 0.29) is 42.6 Å². The Morgan fingerprint density at radius 2 is 1.19 bits per heavy atom. The van der Waals surface area contributed by atoms with Crippen LogP contribution < -0.4 is 0 Å². The molecule has 1 fully saturated rings. The van der Waals surface area contributed by atoms with Gasteiger partial charge in [-0.1, -0.05) is 69.2 Å². The zero-order valence-corrected chi connectivity index (χ0v) is 32.3. The molecule has 2 N–H and O–H groups in total. The summed E-state index contributed by atoms with van der Waals surface area (Å²) in [6.07, 6.45) is -5.32. The van der Waals surface area contributed by atoms with Crippen molar-refractivity contribution < 1.29 is 72.1 Å². The molecule has 0 saturated heterocycles. The van der Waals surface area contributed by atoms with Crippen molar-refractivity contribution in [1.82, 2.24) is 0 Å². The van der Waals surface area contributed by atoms with E-state index >= 15 is 0 Å². The van der Waals surface area contributed by atoms with E-state index in [1.54, 1.807) is 41.5 Å². The van der Waals surface area contributed by atoms with Crippen molar-refractivity contribution in [1.29, 1.82) is 0 Å². The fourth-order valence-electron chi connectivity index (χ4n) is 6.07. The lowest BCUT2D eigenvalue weighted by atomic mass is 9.77. The van der Waals surface area contributed by atoms with Gasteiger partial charge < -0.3 is 43.4 Å². The number of hydrogen-bond acceptors (Lipinski definition) is 15. The van der Waals surface area contributed by atoms with Crippen molar-refractivity contribution in [3.63, 3.8) is 0 Å². The number of rotatable bonds is 18. The topological polar surface area (TPSA) is 207 Å². The molecular formula is C37H58O15. The molecule has 1 heterocycles. The summed E-state index contributed by atoms with van der Waals surface area (Å²) in [5.41, 5.74) is -4.80. The van der Waals surface area contributed by atoms with Crippen LogP contribution in [-0.4, -0.2) is 95.0 Å². The third-order valence-corrected chi connectivity index (χ3v) is 8.57. The molecular weight excluding hydrogens is 684 g/mol. The van der Waals surface area contributed by atoms with Gasteiger partial charge in [0, 0.05) is 50.0 Å². The molecule has 0 aromatic carbocycles. The van der Waals surface area contributed by atoms with E-state index in [9.17, 15) is 39.0 Å². The minimum Gasteiger partial charge on any atom is -0.462 e. The molecule has 1 saturated carbocycles. The highest BCUT2D eigenvalue weighted by molar-refractivity contribution is 5.80. The molecule has 2 aliphatic rings. The van der Waals surface area contributed by atoms with Gasteiger partial charge in [0.05, 0.1) is 6.26 Å². The summed E-state index contributed by atoms with van der Waals surface area (Å²) in [5.74, 6) is -7.61. The highest BCUT2D eigenvalue weighted by Gasteiger charge is 2.70. The van der Waals surface area contributed by atoms with E-state index in [4.69, 9.17) is 33.2 Å². The van der Waals surface area contributed by atoms with Crippen LogP contribution >= 0.6 is 0 Å². The fraction of sp³-hybridized carbons (Fsp3) is 0.784. The minimum atomic E-state index is -2.46. The lowest BCUT2D eigenvalue weighted by molar-refractivity contribution is -0.242. The van der Waals surface area contributed by atoms with E-state index in [2.05, 4.69) is 0 Å². The number of carbonyl (C=O) groups excluding carboxylic acids is 6. The Balaban J connectivity index is 2.50. The third-order valence-electron chi connectivity index (χ3n) is 8.57. The number of carbonyl (C=O) groups is 6. The Bertz CT molecular complexity index is 1320. The molecule has 0 aromatic rings. The van der Waals surface area contributed by atoms with Crippen LogP contribution in [0.25, 0.3) is 0 Å². The highest BCUT2D eigenvalue weighted by Crippen LogP contribution is 2.53. The number of hydrogen-bond donors (Lipinski definition) is 2. The Hall–Kier alpha value is -3.72. The van der Waals surface area contributed by atoms with Gasteiger partial charge in [-0.15, -0.1) is 0 Å². The monoisotopic (exact) mass is 742 g/mol. The van der Waals surface area contributed by atoms with Gasteiger partial charge in [-0.2, -0.15) is 0 Å². The fourth-order valence-corrected chi connectivity index (χ4v) is 6.07. The summed E-state index contributed by atoms with van der Waals surface area (Å²) in [7, 11) is 0. The molecule has 2 unspecified atom stereocenters. The number of aliphatic hydroxyl groups is 2. The average Bonchev–Trinajstić information content (AvgIpc) is 3.21. The Kier molecular flexibility index (Phi) is 16.1. The second kappa shape index (κ2) is 18.9. The molecule has 1 aliphatic heterocycles. The van der Waals surface area contributed by atoms with Crippen molar-refractivity contribution in [2.24, 2.45) is 35.5 Å². The summed E-state index contributed by atoms with van der Waals surface area (Å²) in [5, 5.41) is 24.7.